The zero-order valence-corrected chi connectivity index (χ0v) is 15.0. The van der Waals surface area contributed by atoms with Crippen molar-refractivity contribution in [2.24, 2.45) is 0 Å². The summed E-state index contributed by atoms with van der Waals surface area (Å²) in [6.07, 6.45) is 0. The van der Waals surface area contributed by atoms with Gasteiger partial charge in [0.25, 0.3) is 5.91 Å². The maximum atomic E-state index is 12.0. The lowest BCUT2D eigenvalue weighted by atomic mass is 10.1. The Labute approximate surface area is 148 Å². The highest BCUT2D eigenvalue weighted by Crippen LogP contribution is 2.10. The average molecular weight is 342 g/mol. The van der Waals surface area contributed by atoms with Crippen molar-refractivity contribution in [1.82, 2.24) is 20.3 Å². The molecule has 1 saturated heterocycles. The van der Waals surface area contributed by atoms with Gasteiger partial charge in [-0.25, -0.2) is 0 Å². The highest BCUT2D eigenvalue weighted by molar-refractivity contribution is 5.91. The van der Waals surface area contributed by atoms with Crippen LogP contribution in [0.4, 0.5) is 0 Å². The molecule has 2 heterocycles. The van der Waals surface area contributed by atoms with Crippen molar-refractivity contribution >= 4 is 5.91 Å². The van der Waals surface area contributed by atoms with Crippen molar-refractivity contribution < 1.29 is 9.32 Å². The van der Waals surface area contributed by atoms with Crippen LogP contribution in [0.2, 0.25) is 0 Å². The van der Waals surface area contributed by atoms with Crippen LogP contribution in [0.1, 0.15) is 34.3 Å². The minimum absolute atomic E-state index is 0.238. The summed E-state index contributed by atoms with van der Waals surface area (Å²) in [4.78, 5) is 16.9. The number of amides is 1. The molecule has 1 aliphatic rings. The average Bonchev–Trinajstić information content (AvgIpc) is 3.08. The standard InChI is InChI=1S/C19H26N4O2/c1-3-22-8-10-23(11-9-22)14-17-6-4-16(5-7-17)13-20-19(24)18-12-15(2)21-25-18/h4-7,12H,3,8-11,13-14H2,1-2H3,(H,20,24). The summed E-state index contributed by atoms with van der Waals surface area (Å²) in [6, 6.07) is 10.1. The molecule has 0 saturated carbocycles. The lowest BCUT2D eigenvalue weighted by molar-refractivity contribution is 0.0914. The molecule has 0 bridgehead atoms. The summed E-state index contributed by atoms with van der Waals surface area (Å²) in [5.74, 6) is 0.0128. The van der Waals surface area contributed by atoms with Gasteiger partial charge in [-0.15, -0.1) is 0 Å². The Morgan fingerprint density at radius 2 is 1.76 bits per heavy atom. The van der Waals surface area contributed by atoms with Crippen LogP contribution in [0.15, 0.2) is 34.9 Å². The van der Waals surface area contributed by atoms with Gasteiger partial charge in [0, 0.05) is 45.3 Å². The third-order valence-corrected chi connectivity index (χ3v) is 4.65. The van der Waals surface area contributed by atoms with E-state index in [1.165, 1.54) is 5.56 Å². The molecule has 6 nitrogen and oxygen atoms in total. The van der Waals surface area contributed by atoms with Crippen LogP contribution in [-0.2, 0) is 13.1 Å². The van der Waals surface area contributed by atoms with Crippen molar-refractivity contribution in [2.45, 2.75) is 26.9 Å². The van der Waals surface area contributed by atoms with E-state index in [4.69, 9.17) is 4.52 Å². The molecule has 1 amide bonds. The van der Waals surface area contributed by atoms with Crippen molar-refractivity contribution in [2.75, 3.05) is 32.7 Å². The SMILES string of the molecule is CCN1CCN(Cc2ccc(CNC(=O)c3cc(C)no3)cc2)CC1. The van der Waals surface area contributed by atoms with Crippen molar-refractivity contribution in [1.29, 1.82) is 0 Å². The lowest BCUT2D eigenvalue weighted by Crippen LogP contribution is -2.45. The fraction of sp³-hybridized carbons (Fsp3) is 0.474. The van der Waals surface area contributed by atoms with E-state index in [-0.39, 0.29) is 11.7 Å². The number of aryl methyl sites for hydroxylation is 1. The van der Waals surface area contributed by atoms with Crippen molar-refractivity contribution in [3.63, 3.8) is 0 Å². The first-order chi connectivity index (χ1) is 12.1. The molecule has 6 heteroatoms. The normalized spacial score (nSPS) is 16.1. The van der Waals surface area contributed by atoms with Crippen molar-refractivity contribution in [3.8, 4) is 0 Å². The van der Waals surface area contributed by atoms with Gasteiger partial charge in [0.05, 0.1) is 5.69 Å². The van der Waals surface area contributed by atoms with E-state index < -0.39 is 0 Å². The number of likely N-dealkylation sites (N-methyl/N-ethyl adjacent to an activating group) is 1. The molecule has 25 heavy (non-hydrogen) atoms. The van der Waals surface area contributed by atoms with Gasteiger partial charge >= 0.3 is 0 Å². The quantitative estimate of drug-likeness (QED) is 0.871. The fourth-order valence-electron chi connectivity index (χ4n) is 3.02. The second kappa shape index (κ2) is 8.27. The van der Waals surface area contributed by atoms with E-state index in [0.717, 1.165) is 44.8 Å². The molecular formula is C19H26N4O2. The smallest absolute Gasteiger partial charge is 0.290 e. The Morgan fingerprint density at radius 1 is 1.12 bits per heavy atom. The van der Waals surface area contributed by atoms with Crippen LogP contribution in [0.5, 0.6) is 0 Å². The van der Waals surface area contributed by atoms with E-state index in [9.17, 15) is 4.79 Å². The minimum atomic E-state index is -0.238. The fourth-order valence-corrected chi connectivity index (χ4v) is 3.02. The Hall–Kier alpha value is -2.18. The lowest BCUT2D eigenvalue weighted by Gasteiger charge is -2.34. The summed E-state index contributed by atoms with van der Waals surface area (Å²) in [6.45, 7) is 11.2. The summed E-state index contributed by atoms with van der Waals surface area (Å²) < 4.78 is 4.96. The number of benzene rings is 1. The third-order valence-electron chi connectivity index (χ3n) is 4.65. The maximum Gasteiger partial charge on any atom is 0.290 e. The highest BCUT2D eigenvalue weighted by Gasteiger charge is 2.15. The van der Waals surface area contributed by atoms with Gasteiger partial charge in [0.15, 0.2) is 0 Å². The van der Waals surface area contributed by atoms with Crippen LogP contribution in [-0.4, -0.2) is 53.6 Å². The molecule has 3 rings (SSSR count). The Kier molecular flexibility index (Phi) is 5.83. The Morgan fingerprint density at radius 3 is 2.36 bits per heavy atom. The first-order valence-corrected chi connectivity index (χ1v) is 8.88. The molecule has 1 aromatic heterocycles. The molecule has 1 N–H and O–H groups in total. The number of carbonyl (C=O) groups is 1. The van der Waals surface area contributed by atoms with Crippen LogP contribution < -0.4 is 5.32 Å². The number of piperazine rings is 1. The maximum absolute atomic E-state index is 12.0. The number of rotatable bonds is 6. The van der Waals surface area contributed by atoms with E-state index >= 15 is 0 Å². The van der Waals surface area contributed by atoms with Crippen LogP contribution >= 0.6 is 0 Å². The second-order valence-electron chi connectivity index (χ2n) is 6.54. The topological polar surface area (TPSA) is 61.6 Å². The van der Waals surface area contributed by atoms with Crippen LogP contribution in [0, 0.1) is 6.92 Å². The monoisotopic (exact) mass is 342 g/mol. The number of nitrogens with one attached hydrogen (secondary N) is 1. The molecule has 1 aromatic carbocycles. The molecule has 0 atom stereocenters. The molecule has 134 valence electrons. The predicted molar refractivity (Wildman–Crippen MR) is 96.2 cm³/mol. The summed E-state index contributed by atoms with van der Waals surface area (Å²) in [5, 5.41) is 6.58. The molecule has 0 unspecified atom stereocenters. The van der Waals surface area contributed by atoms with E-state index in [1.54, 1.807) is 13.0 Å². The van der Waals surface area contributed by atoms with Crippen molar-refractivity contribution in [3.05, 3.63) is 52.9 Å². The Balaban J connectivity index is 1.46. The van der Waals surface area contributed by atoms with Gasteiger partial charge in [-0.05, 0) is 24.6 Å². The molecule has 0 radical (unpaired) electrons. The zero-order chi connectivity index (χ0) is 17.6. The van der Waals surface area contributed by atoms with Gasteiger partial charge < -0.3 is 14.7 Å². The predicted octanol–water partition coefficient (Wildman–Crippen LogP) is 2.05. The van der Waals surface area contributed by atoms with E-state index in [2.05, 4.69) is 51.5 Å². The van der Waals surface area contributed by atoms with Crippen LogP contribution in [0.3, 0.4) is 0 Å². The van der Waals surface area contributed by atoms with Gasteiger partial charge in [0.1, 0.15) is 0 Å². The highest BCUT2D eigenvalue weighted by atomic mass is 16.5. The van der Waals surface area contributed by atoms with Gasteiger partial charge in [0.2, 0.25) is 5.76 Å². The second-order valence-corrected chi connectivity index (χ2v) is 6.54. The molecule has 1 fully saturated rings. The number of hydrogen-bond acceptors (Lipinski definition) is 5. The molecule has 1 aliphatic heterocycles. The first kappa shape index (κ1) is 17.6. The number of nitrogens with zero attached hydrogens (tertiary/aromatic N) is 3. The van der Waals surface area contributed by atoms with Crippen LogP contribution in [0.25, 0.3) is 0 Å². The molecule has 0 aliphatic carbocycles. The molecular weight excluding hydrogens is 316 g/mol. The number of aromatic nitrogens is 1. The Bertz CT molecular complexity index is 688. The summed E-state index contributed by atoms with van der Waals surface area (Å²) in [5.41, 5.74) is 3.09. The summed E-state index contributed by atoms with van der Waals surface area (Å²) >= 11 is 0. The molecule has 2 aromatic rings. The van der Waals surface area contributed by atoms with E-state index in [0.29, 0.717) is 12.2 Å². The van der Waals surface area contributed by atoms with Gasteiger partial charge in [-0.1, -0.05) is 36.3 Å². The zero-order valence-electron chi connectivity index (χ0n) is 15.0. The van der Waals surface area contributed by atoms with Gasteiger partial charge in [-0.3, -0.25) is 9.69 Å². The van der Waals surface area contributed by atoms with Gasteiger partial charge in [-0.2, -0.15) is 0 Å². The van der Waals surface area contributed by atoms with E-state index in [1.807, 2.05) is 0 Å². The largest absolute Gasteiger partial charge is 0.351 e. The first-order valence-electron chi connectivity index (χ1n) is 8.88. The number of carbonyl (C=O) groups excluding carboxylic acids is 1. The molecule has 0 spiro atoms. The number of hydrogen-bond donors (Lipinski definition) is 1. The summed E-state index contributed by atoms with van der Waals surface area (Å²) in [7, 11) is 0. The minimum Gasteiger partial charge on any atom is -0.351 e. The third kappa shape index (κ3) is 4.90.